The lowest BCUT2D eigenvalue weighted by molar-refractivity contribution is 0.0977. The van der Waals surface area contributed by atoms with E-state index in [0.29, 0.717) is 6.04 Å². The van der Waals surface area contributed by atoms with Crippen LogP contribution in [0.15, 0.2) is 0 Å². The van der Waals surface area contributed by atoms with Crippen LogP contribution in [0.5, 0.6) is 0 Å². The molecule has 1 saturated heterocycles. The second-order valence-corrected chi connectivity index (χ2v) is 6.76. The monoisotopic (exact) mass is 258 g/mol. The first kappa shape index (κ1) is 15.3. The Balaban J connectivity index is 2.37. The predicted molar refractivity (Wildman–Crippen MR) is 79.9 cm³/mol. The highest BCUT2D eigenvalue weighted by Gasteiger charge is 2.28. The minimum atomic E-state index is 0.712. The van der Waals surface area contributed by atoms with Crippen molar-refractivity contribution in [1.29, 1.82) is 0 Å². The van der Waals surface area contributed by atoms with Crippen LogP contribution < -0.4 is 5.32 Å². The summed E-state index contributed by atoms with van der Waals surface area (Å²) in [7, 11) is 0. The topological polar surface area (TPSA) is 15.3 Å². The molecule has 0 aromatic carbocycles. The number of hydrogen-bond donors (Lipinski definition) is 1. The summed E-state index contributed by atoms with van der Waals surface area (Å²) in [5, 5.41) is 3.68. The summed E-state index contributed by atoms with van der Waals surface area (Å²) in [6.45, 7) is 13.0. The molecule has 2 unspecified atom stereocenters. The van der Waals surface area contributed by atoms with E-state index in [1.807, 2.05) is 0 Å². The van der Waals surface area contributed by atoms with Crippen molar-refractivity contribution in [2.75, 3.05) is 31.1 Å². The molecule has 0 saturated carbocycles. The van der Waals surface area contributed by atoms with Crippen LogP contribution in [0, 0.1) is 5.92 Å². The van der Waals surface area contributed by atoms with E-state index < -0.39 is 0 Å². The zero-order valence-corrected chi connectivity index (χ0v) is 12.9. The smallest absolute Gasteiger partial charge is 0.0244 e. The van der Waals surface area contributed by atoms with Gasteiger partial charge >= 0.3 is 0 Å². The van der Waals surface area contributed by atoms with E-state index in [2.05, 4.69) is 49.7 Å². The molecule has 17 heavy (non-hydrogen) atoms. The number of nitrogens with zero attached hydrogens (tertiary/aromatic N) is 1. The standard InChI is InChI=1S/C14H30N2S/c1-5-13-11-16(8-7-9-17-6-2)14(10-15-13)12(3)4/h12-15H,5-11H2,1-4H3. The van der Waals surface area contributed by atoms with Gasteiger partial charge in [0.15, 0.2) is 0 Å². The van der Waals surface area contributed by atoms with E-state index >= 15 is 0 Å². The van der Waals surface area contributed by atoms with Crippen molar-refractivity contribution in [3.8, 4) is 0 Å². The van der Waals surface area contributed by atoms with Gasteiger partial charge in [0.25, 0.3) is 0 Å². The van der Waals surface area contributed by atoms with Crippen LogP contribution in [0.3, 0.4) is 0 Å². The summed E-state index contributed by atoms with van der Waals surface area (Å²) in [6, 6.07) is 1.45. The lowest BCUT2D eigenvalue weighted by atomic mass is 9.97. The van der Waals surface area contributed by atoms with E-state index in [4.69, 9.17) is 0 Å². The third-order valence-corrected chi connectivity index (χ3v) is 4.73. The number of nitrogens with one attached hydrogen (secondary N) is 1. The third kappa shape index (κ3) is 5.19. The van der Waals surface area contributed by atoms with Crippen molar-refractivity contribution >= 4 is 11.8 Å². The van der Waals surface area contributed by atoms with Crippen LogP contribution in [0.4, 0.5) is 0 Å². The van der Waals surface area contributed by atoms with Crippen LogP contribution >= 0.6 is 11.8 Å². The molecule has 0 aromatic rings. The quantitative estimate of drug-likeness (QED) is 0.707. The van der Waals surface area contributed by atoms with Gasteiger partial charge in [-0.05, 0) is 36.8 Å². The molecule has 1 heterocycles. The number of thioether (sulfide) groups is 1. The summed E-state index contributed by atoms with van der Waals surface area (Å²) in [6.07, 6.45) is 2.60. The minimum Gasteiger partial charge on any atom is -0.311 e. The van der Waals surface area contributed by atoms with Gasteiger partial charge in [0.05, 0.1) is 0 Å². The average Bonchev–Trinajstić information content (AvgIpc) is 2.34. The lowest BCUT2D eigenvalue weighted by Gasteiger charge is -2.42. The third-order valence-electron chi connectivity index (χ3n) is 3.74. The molecule has 0 radical (unpaired) electrons. The molecular weight excluding hydrogens is 228 g/mol. The summed E-state index contributed by atoms with van der Waals surface area (Å²) in [5.74, 6) is 3.34. The van der Waals surface area contributed by atoms with E-state index in [0.717, 1.165) is 12.0 Å². The van der Waals surface area contributed by atoms with Gasteiger partial charge in [-0.1, -0.05) is 27.7 Å². The lowest BCUT2D eigenvalue weighted by Crippen LogP contribution is -2.58. The minimum absolute atomic E-state index is 0.712. The molecule has 0 bridgehead atoms. The van der Waals surface area contributed by atoms with Crippen molar-refractivity contribution in [1.82, 2.24) is 10.2 Å². The molecule has 1 N–H and O–H groups in total. The predicted octanol–water partition coefficient (Wildman–Crippen LogP) is 2.84. The average molecular weight is 258 g/mol. The van der Waals surface area contributed by atoms with E-state index in [1.54, 1.807) is 0 Å². The van der Waals surface area contributed by atoms with Gasteiger partial charge in [-0.15, -0.1) is 0 Å². The number of piperazine rings is 1. The molecule has 1 fully saturated rings. The molecule has 1 rings (SSSR count). The molecular formula is C14H30N2S. The zero-order valence-electron chi connectivity index (χ0n) is 12.0. The zero-order chi connectivity index (χ0) is 12.7. The Morgan fingerprint density at radius 2 is 2.12 bits per heavy atom. The Bertz CT molecular complexity index is 197. The van der Waals surface area contributed by atoms with Gasteiger partial charge in [0.2, 0.25) is 0 Å². The van der Waals surface area contributed by atoms with Crippen molar-refractivity contribution in [2.45, 2.75) is 52.6 Å². The summed E-state index contributed by atoms with van der Waals surface area (Å²) in [5.41, 5.74) is 0. The Hall–Kier alpha value is 0.270. The molecule has 1 aliphatic heterocycles. The Kier molecular flexibility index (Phi) is 7.56. The van der Waals surface area contributed by atoms with Crippen molar-refractivity contribution in [3.05, 3.63) is 0 Å². The van der Waals surface area contributed by atoms with Crippen molar-refractivity contribution in [2.24, 2.45) is 5.92 Å². The Morgan fingerprint density at radius 1 is 1.35 bits per heavy atom. The number of hydrogen-bond acceptors (Lipinski definition) is 3. The molecule has 2 atom stereocenters. The maximum Gasteiger partial charge on any atom is 0.0244 e. The van der Waals surface area contributed by atoms with Crippen LogP contribution in [-0.2, 0) is 0 Å². The molecule has 102 valence electrons. The molecule has 0 spiro atoms. The highest BCUT2D eigenvalue weighted by molar-refractivity contribution is 7.99. The van der Waals surface area contributed by atoms with Crippen LogP contribution in [0.2, 0.25) is 0 Å². The molecule has 0 aromatic heterocycles. The van der Waals surface area contributed by atoms with Crippen LogP contribution in [-0.4, -0.2) is 48.1 Å². The first-order chi connectivity index (χ1) is 8.19. The fourth-order valence-electron chi connectivity index (χ4n) is 2.60. The molecule has 0 aliphatic carbocycles. The Labute approximate surface area is 112 Å². The van der Waals surface area contributed by atoms with Gasteiger partial charge in [0, 0.05) is 25.2 Å². The first-order valence-corrected chi connectivity index (χ1v) is 8.39. The summed E-state index contributed by atoms with van der Waals surface area (Å²) < 4.78 is 0. The largest absolute Gasteiger partial charge is 0.311 e. The first-order valence-electron chi connectivity index (χ1n) is 7.24. The van der Waals surface area contributed by atoms with E-state index in [9.17, 15) is 0 Å². The maximum atomic E-state index is 3.68. The molecule has 3 heteroatoms. The van der Waals surface area contributed by atoms with Crippen LogP contribution in [0.25, 0.3) is 0 Å². The summed E-state index contributed by atoms with van der Waals surface area (Å²) >= 11 is 2.07. The van der Waals surface area contributed by atoms with E-state index in [-0.39, 0.29) is 0 Å². The SMILES string of the molecule is CCSCCCN1CC(CC)NCC1C(C)C. The highest BCUT2D eigenvalue weighted by atomic mass is 32.2. The van der Waals surface area contributed by atoms with Gasteiger partial charge in [-0.3, -0.25) is 4.90 Å². The molecule has 1 aliphatic rings. The molecule has 2 nitrogen and oxygen atoms in total. The van der Waals surface area contributed by atoms with E-state index in [1.165, 1.54) is 44.0 Å². The number of rotatable bonds is 7. The second-order valence-electron chi connectivity index (χ2n) is 5.37. The summed E-state index contributed by atoms with van der Waals surface area (Å²) in [4.78, 5) is 2.73. The second kappa shape index (κ2) is 8.39. The van der Waals surface area contributed by atoms with Crippen LogP contribution in [0.1, 0.15) is 40.5 Å². The normalized spacial score (nSPS) is 26.6. The fourth-order valence-corrected chi connectivity index (χ4v) is 3.22. The van der Waals surface area contributed by atoms with Crippen molar-refractivity contribution < 1.29 is 0 Å². The highest BCUT2D eigenvalue weighted by Crippen LogP contribution is 2.17. The van der Waals surface area contributed by atoms with Gasteiger partial charge in [-0.2, -0.15) is 11.8 Å². The maximum absolute atomic E-state index is 3.68. The molecule has 0 amide bonds. The Morgan fingerprint density at radius 3 is 2.71 bits per heavy atom. The fraction of sp³-hybridized carbons (Fsp3) is 1.00. The van der Waals surface area contributed by atoms with Gasteiger partial charge < -0.3 is 5.32 Å². The van der Waals surface area contributed by atoms with Gasteiger partial charge in [-0.25, -0.2) is 0 Å². The van der Waals surface area contributed by atoms with Crippen molar-refractivity contribution in [3.63, 3.8) is 0 Å². The van der Waals surface area contributed by atoms with Gasteiger partial charge in [0.1, 0.15) is 0 Å².